The zero-order chi connectivity index (χ0) is 19.8. The molecule has 1 saturated carbocycles. The molecule has 5 rings (SSSR count). The van der Waals surface area contributed by atoms with Gasteiger partial charge in [0.2, 0.25) is 5.91 Å². The van der Waals surface area contributed by atoms with E-state index in [4.69, 9.17) is 4.42 Å². The first kappa shape index (κ1) is 17.6. The first-order valence-corrected chi connectivity index (χ1v) is 10.2. The van der Waals surface area contributed by atoms with Gasteiger partial charge in [-0.3, -0.25) is 9.59 Å². The predicted molar refractivity (Wildman–Crippen MR) is 113 cm³/mol. The molecule has 2 heterocycles. The van der Waals surface area contributed by atoms with Crippen LogP contribution >= 0.6 is 11.3 Å². The van der Waals surface area contributed by atoms with Crippen LogP contribution < -0.4 is 10.6 Å². The molecule has 1 aliphatic carbocycles. The van der Waals surface area contributed by atoms with E-state index in [0.717, 1.165) is 28.1 Å². The van der Waals surface area contributed by atoms with Crippen LogP contribution in [0.15, 0.2) is 65.1 Å². The molecule has 0 aliphatic heterocycles. The van der Waals surface area contributed by atoms with Crippen molar-refractivity contribution in [1.82, 2.24) is 4.98 Å². The van der Waals surface area contributed by atoms with E-state index in [-0.39, 0.29) is 23.5 Å². The minimum Gasteiger partial charge on any atom is -0.448 e. The summed E-state index contributed by atoms with van der Waals surface area (Å²) in [6, 6.07) is 18.3. The first-order chi connectivity index (χ1) is 14.2. The molecule has 29 heavy (non-hydrogen) atoms. The fourth-order valence-corrected chi connectivity index (χ4v) is 3.94. The molecule has 7 heteroatoms. The molecule has 1 fully saturated rings. The number of furan rings is 1. The molecule has 2 aromatic heterocycles. The summed E-state index contributed by atoms with van der Waals surface area (Å²) in [6.45, 7) is 0. The fourth-order valence-electron chi connectivity index (χ4n) is 3.01. The van der Waals surface area contributed by atoms with Gasteiger partial charge in [-0.15, -0.1) is 11.3 Å². The van der Waals surface area contributed by atoms with Crippen LogP contribution in [0.2, 0.25) is 0 Å². The van der Waals surface area contributed by atoms with Gasteiger partial charge in [-0.1, -0.05) is 18.2 Å². The van der Waals surface area contributed by atoms with Crippen molar-refractivity contribution in [2.75, 3.05) is 10.6 Å². The van der Waals surface area contributed by atoms with Gasteiger partial charge in [-0.2, -0.15) is 0 Å². The van der Waals surface area contributed by atoms with Gasteiger partial charge in [0.1, 0.15) is 0 Å². The number of rotatable bonds is 5. The number of aromatic nitrogens is 1. The Morgan fingerprint density at radius 1 is 0.966 bits per heavy atom. The lowest BCUT2D eigenvalue weighted by molar-refractivity contribution is -0.117. The van der Waals surface area contributed by atoms with Crippen molar-refractivity contribution in [2.45, 2.75) is 12.8 Å². The molecule has 1 aliphatic rings. The Balaban J connectivity index is 1.30. The van der Waals surface area contributed by atoms with Gasteiger partial charge in [-0.05, 0) is 55.3 Å². The molecule has 144 valence electrons. The zero-order valence-electron chi connectivity index (χ0n) is 15.3. The molecule has 0 spiro atoms. The van der Waals surface area contributed by atoms with Crippen molar-refractivity contribution >= 4 is 44.7 Å². The van der Waals surface area contributed by atoms with Crippen molar-refractivity contribution in [2.24, 2.45) is 5.92 Å². The molecule has 6 nitrogen and oxygen atoms in total. The highest BCUT2D eigenvalue weighted by Crippen LogP contribution is 2.32. The fraction of sp³-hybridized carbons (Fsp3) is 0.136. The van der Waals surface area contributed by atoms with E-state index in [2.05, 4.69) is 15.6 Å². The lowest BCUT2D eigenvalue weighted by atomic mass is 10.2. The number of carbonyl (C=O) groups is 2. The number of para-hydroxylation sites is 1. The summed E-state index contributed by atoms with van der Waals surface area (Å²) < 4.78 is 6.80. The summed E-state index contributed by atoms with van der Waals surface area (Å²) in [6.07, 6.45) is 1.88. The monoisotopic (exact) mass is 403 g/mol. The van der Waals surface area contributed by atoms with Crippen LogP contribution in [-0.4, -0.2) is 16.8 Å². The third kappa shape index (κ3) is 3.77. The summed E-state index contributed by atoms with van der Waals surface area (Å²) in [7, 11) is 0. The molecular formula is C22H17N3O3S. The van der Waals surface area contributed by atoms with E-state index in [0.29, 0.717) is 17.1 Å². The van der Waals surface area contributed by atoms with E-state index >= 15 is 0 Å². The summed E-state index contributed by atoms with van der Waals surface area (Å²) in [5.74, 6) is 0.550. The topological polar surface area (TPSA) is 84.2 Å². The van der Waals surface area contributed by atoms with Crippen LogP contribution in [0.3, 0.4) is 0 Å². The number of fused-ring (bicyclic) bond motifs is 1. The number of nitrogens with one attached hydrogen (secondary N) is 2. The number of nitrogens with zero attached hydrogens (tertiary/aromatic N) is 1. The Morgan fingerprint density at radius 2 is 1.76 bits per heavy atom. The maximum atomic E-state index is 12.6. The Labute approximate surface area is 170 Å². The Bertz CT molecular complexity index is 1190. The third-order valence-corrected chi connectivity index (χ3v) is 5.72. The highest BCUT2D eigenvalue weighted by molar-refractivity contribution is 7.21. The second kappa shape index (κ2) is 7.18. The van der Waals surface area contributed by atoms with E-state index in [9.17, 15) is 9.59 Å². The maximum absolute atomic E-state index is 12.6. The largest absolute Gasteiger partial charge is 0.448 e. The summed E-state index contributed by atoms with van der Waals surface area (Å²) in [4.78, 5) is 29.0. The van der Waals surface area contributed by atoms with E-state index in [1.807, 2.05) is 24.3 Å². The average Bonchev–Trinajstić information content (AvgIpc) is 3.30. The number of hydrogen-bond acceptors (Lipinski definition) is 5. The number of benzene rings is 2. The number of thiazole rings is 1. The standard InChI is InChI=1S/C22H17N3O3S/c26-20(13-8-9-13)23-14-4-3-5-15(12-14)24-21(27)17-10-11-18(28-17)22-25-16-6-1-2-7-19(16)29-22/h1-7,10-13H,8-9H2,(H,23,26)(H,24,27). The lowest BCUT2D eigenvalue weighted by Gasteiger charge is -2.07. The molecule has 2 N–H and O–H groups in total. The smallest absolute Gasteiger partial charge is 0.291 e. The zero-order valence-corrected chi connectivity index (χ0v) is 16.2. The number of anilines is 2. The predicted octanol–water partition coefficient (Wildman–Crippen LogP) is 5.16. The normalized spacial score (nSPS) is 13.4. The van der Waals surface area contributed by atoms with Crippen molar-refractivity contribution in [3.63, 3.8) is 0 Å². The third-order valence-electron chi connectivity index (χ3n) is 4.67. The van der Waals surface area contributed by atoms with Gasteiger partial charge in [0, 0.05) is 17.3 Å². The van der Waals surface area contributed by atoms with E-state index < -0.39 is 0 Å². The second-order valence-corrected chi connectivity index (χ2v) is 7.98. The lowest BCUT2D eigenvalue weighted by Crippen LogP contribution is -2.14. The van der Waals surface area contributed by atoms with E-state index in [1.54, 1.807) is 36.4 Å². The summed E-state index contributed by atoms with van der Waals surface area (Å²) in [5.41, 5.74) is 2.15. The van der Waals surface area contributed by atoms with Crippen molar-refractivity contribution in [3.8, 4) is 10.8 Å². The summed E-state index contributed by atoms with van der Waals surface area (Å²) >= 11 is 1.52. The quantitative estimate of drug-likeness (QED) is 0.482. The number of hydrogen-bond donors (Lipinski definition) is 2. The molecule has 0 bridgehead atoms. The molecule has 2 aromatic carbocycles. The van der Waals surface area contributed by atoms with Crippen LogP contribution in [0.5, 0.6) is 0 Å². The Hall–Kier alpha value is -3.45. The highest BCUT2D eigenvalue weighted by Gasteiger charge is 2.29. The molecule has 0 unspecified atom stereocenters. The van der Waals surface area contributed by atoms with Gasteiger partial charge >= 0.3 is 0 Å². The Morgan fingerprint density at radius 3 is 2.55 bits per heavy atom. The minimum atomic E-state index is -0.358. The van der Waals surface area contributed by atoms with Crippen molar-refractivity contribution < 1.29 is 14.0 Å². The van der Waals surface area contributed by atoms with Crippen molar-refractivity contribution in [3.05, 3.63) is 66.4 Å². The minimum absolute atomic E-state index is 0.0278. The number of carbonyl (C=O) groups excluding carboxylic acids is 2. The van der Waals surface area contributed by atoms with E-state index in [1.165, 1.54) is 11.3 Å². The first-order valence-electron chi connectivity index (χ1n) is 9.34. The van der Waals surface area contributed by atoms with Gasteiger partial charge in [-0.25, -0.2) is 4.98 Å². The van der Waals surface area contributed by atoms with Crippen LogP contribution in [0, 0.1) is 5.92 Å². The van der Waals surface area contributed by atoms with Crippen LogP contribution in [0.25, 0.3) is 21.0 Å². The van der Waals surface area contributed by atoms with Gasteiger partial charge in [0.15, 0.2) is 16.5 Å². The van der Waals surface area contributed by atoms with Gasteiger partial charge in [0.05, 0.1) is 10.2 Å². The maximum Gasteiger partial charge on any atom is 0.291 e. The second-order valence-electron chi connectivity index (χ2n) is 6.95. The van der Waals surface area contributed by atoms with Crippen LogP contribution in [-0.2, 0) is 4.79 Å². The summed E-state index contributed by atoms with van der Waals surface area (Å²) in [5, 5.41) is 6.41. The molecule has 0 radical (unpaired) electrons. The molecular weight excluding hydrogens is 386 g/mol. The molecule has 2 amide bonds. The Kier molecular flexibility index (Phi) is 4.37. The van der Waals surface area contributed by atoms with Crippen LogP contribution in [0.1, 0.15) is 23.4 Å². The average molecular weight is 403 g/mol. The SMILES string of the molecule is O=C(Nc1cccc(NC(=O)C2CC2)c1)c1ccc(-c2nc3ccccc3s2)o1. The van der Waals surface area contributed by atoms with Crippen LogP contribution in [0.4, 0.5) is 11.4 Å². The number of amides is 2. The molecule has 0 atom stereocenters. The van der Waals surface area contributed by atoms with Gasteiger partial charge in [0.25, 0.3) is 5.91 Å². The highest BCUT2D eigenvalue weighted by atomic mass is 32.1. The van der Waals surface area contributed by atoms with Gasteiger partial charge < -0.3 is 15.1 Å². The molecule has 0 saturated heterocycles. The molecule has 4 aromatic rings. The van der Waals surface area contributed by atoms with Crippen molar-refractivity contribution in [1.29, 1.82) is 0 Å².